The summed E-state index contributed by atoms with van der Waals surface area (Å²) in [7, 11) is 0. The van der Waals surface area contributed by atoms with Gasteiger partial charge in [0.15, 0.2) is 0 Å². The van der Waals surface area contributed by atoms with Crippen LogP contribution in [0.1, 0.15) is 65.2 Å². The van der Waals surface area contributed by atoms with E-state index in [0.29, 0.717) is 18.2 Å². The fourth-order valence-corrected chi connectivity index (χ4v) is 5.36. The van der Waals surface area contributed by atoms with Crippen LogP contribution in [0.3, 0.4) is 0 Å². The second-order valence-corrected chi connectivity index (χ2v) is 9.79. The molecule has 2 aromatic rings. The molecule has 0 saturated carbocycles. The quantitative estimate of drug-likeness (QED) is 0.458. The highest BCUT2D eigenvalue weighted by atomic mass is 19.4. The molecule has 0 aliphatic carbocycles. The maximum atomic E-state index is 13.2. The molecular formula is C27H31F6N3O. The number of carbonyl (C=O) groups is 1. The van der Waals surface area contributed by atoms with E-state index in [0.717, 1.165) is 44.6 Å². The highest BCUT2D eigenvalue weighted by molar-refractivity contribution is 5.94. The van der Waals surface area contributed by atoms with Gasteiger partial charge in [-0.2, -0.15) is 26.3 Å². The highest BCUT2D eigenvalue weighted by Gasteiger charge is 2.38. The number of nitrogens with one attached hydrogen (secondary N) is 1. The number of carbonyl (C=O) groups excluding carboxylic acids is 1. The summed E-state index contributed by atoms with van der Waals surface area (Å²) in [4.78, 5) is 17.6. The lowest BCUT2D eigenvalue weighted by molar-refractivity contribution is -0.143. The molecule has 2 fully saturated rings. The summed E-state index contributed by atoms with van der Waals surface area (Å²) >= 11 is 0. The van der Waals surface area contributed by atoms with Crippen molar-refractivity contribution in [2.45, 2.75) is 56.5 Å². The van der Waals surface area contributed by atoms with Gasteiger partial charge in [0.1, 0.15) is 0 Å². The normalized spacial score (nSPS) is 19.5. The molecule has 2 aromatic carbocycles. The van der Waals surface area contributed by atoms with Gasteiger partial charge >= 0.3 is 12.4 Å². The second kappa shape index (κ2) is 11.4. The van der Waals surface area contributed by atoms with Crippen LogP contribution in [0.25, 0.3) is 0 Å². The minimum absolute atomic E-state index is 0.0239. The summed E-state index contributed by atoms with van der Waals surface area (Å²) in [5.74, 6) is -0.972. The van der Waals surface area contributed by atoms with Crippen molar-refractivity contribution >= 4 is 5.91 Å². The van der Waals surface area contributed by atoms with Gasteiger partial charge in [-0.3, -0.25) is 9.69 Å². The molecule has 1 unspecified atom stereocenters. The Morgan fingerprint density at radius 3 is 1.95 bits per heavy atom. The molecule has 0 aromatic heterocycles. The lowest BCUT2D eigenvalue weighted by Gasteiger charge is -2.42. The summed E-state index contributed by atoms with van der Waals surface area (Å²) in [5, 5.41) is 2.60. The smallest absolute Gasteiger partial charge is 0.350 e. The van der Waals surface area contributed by atoms with Crippen LogP contribution in [0.4, 0.5) is 26.3 Å². The van der Waals surface area contributed by atoms with Crippen LogP contribution in [-0.4, -0.2) is 54.5 Å². The van der Waals surface area contributed by atoms with Crippen molar-refractivity contribution < 1.29 is 31.1 Å². The molecule has 4 nitrogen and oxygen atoms in total. The van der Waals surface area contributed by atoms with Gasteiger partial charge in [0, 0.05) is 31.2 Å². The maximum Gasteiger partial charge on any atom is 0.416 e. The van der Waals surface area contributed by atoms with Gasteiger partial charge in [-0.25, -0.2) is 0 Å². The largest absolute Gasteiger partial charge is 0.416 e. The van der Waals surface area contributed by atoms with Crippen molar-refractivity contribution in [3.63, 3.8) is 0 Å². The van der Waals surface area contributed by atoms with E-state index >= 15 is 0 Å². The molecule has 2 aliphatic heterocycles. The topological polar surface area (TPSA) is 35.6 Å². The average molecular weight is 528 g/mol. The third-order valence-corrected chi connectivity index (χ3v) is 7.34. The number of halogens is 6. The predicted octanol–water partition coefficient (Wildman–Crippen LogP) is 6.15. The molecular weight excluding hydrogens is 496 g/mol. The number of likely N-dealkylation sites (tertiary alicyclic amines) is 2. The standard InChI is InChI=1S/C27H31F6N3O/c28-26(29,30)21-15-20(16-22(17-21)27(31,32)33)25(37)34-18-24(19-7-3-1-4-8-19)36-13-9-23(10-14-36)35-11-5-2-6-12-35/h1,3-4,7-8,15-17,23-24H,2,5-6,9-14,18H2,(H,34,37). The maximum absolute atomic E-state index is 13.2. The van der Waals surface area contributed by atoms with E-state index in [2.05, 4.69) is 15.1 Å². The molecule has 37 heavy (non-hydrogen) atoms. The van der Waals surface area contributed by atoms with E-state index in [1.165, 1.54) is 19.3 Å². The van der Waals surface area contributed by atoms with Crippen molar-refractivity contribution in [3.05, 3.63) is 70.8 Å². The third-order valence-electron chi connectivity index (χ3n) is 7.34. The predicted molar refractivity (Wildman–Crippen MR) is 128 cm³/mol. The number of hydrogen-bond acceptors (Lipinski definition) is 3. The van der Waals surface area contributed by atoms with E-state index < -0.39 is 35.0 Å². The Morgan fingerprint density at radius 1 is 0.838 bits per heavy atom. The minimum Gasteiger partial charge on any atom is -0.350 e. The van der Waals surface area contributed by atoms with Crippen LogP contribution in [0.5, 0.6) is 0 Å². The second-order valence-electron chi connectivity index (χ2n) is 9.79. The zero-order valence-corrected chi connectivity index (χ0v) is 20.4. The number of hydrogen-bond donors (Lipinski definition) is 1. The Bertz CT molecular complexity index is 1010. The Balaban J connectivity index is 1.48. The zero-order chi connectivity index (χ0) is 26.6. The van der Waals surface area contributed by atoms with Crippen LogP contribution < -0.4 is 5.32 Å². The first kappa shape index (κ1) is 27.4. The molecule has 0 spiro atoms. The monoisotopic (exact) mass is 527 g/mol. The molecule has 2 heterocycles. The average Bonchev–Trinajstić information content (AvgIpc) is 2.89. The summed E-state index contributed by atoms with van der Waals surface area (Å²) in [6, 6.07) is 10.6. The van der Waals surface area contributed by atoms with Crippen LogP contribution in [0, 0.1) is 0 Å². The Morgan fingerprint density at radius 2 is 1.41 bits per heavy atom. The van der Waals surface area contributed by atoms with Crippen molar-refractivity contribution in [2.24, 2.45) is 0 Å². The summed E-state index contributed by atoms with van der Waals surface area (Å²) in [5.41, 5.74) is -2.75. The molecule has 10 heteroatoms. The fraction of sp³-hybridized carbons (Fsp3) is 0.519. The Hall–Kier alpha value is -2.59. The lowest BCUT2D eigenvalue weighted by Crippen LogP contribution is -2.49. The van der Waals surface area contributed by atoms with Crippen molar-refractivity contribution in [3.8, 4) is 0 Å². The van der Waals surface area contributed by atoms with Crippen LogP contribution >= 0.6 is 0 Å². The van der Waals surface area contributed by atoms with E-state index in [4.69, 9.17) is 0 Å². The van der Waals surface area contributed by atoms with Crippen LogP contribution in [0.2, 0.25) is 0 Å². The zero-order valence-electron chi connectivity index (χ0n) is 20.4. The first-order chi connectivity index (χ1) is 17.5. The van der Waals surface area contributed by atoms with Gasteiger partial charge in [-0.15, -0.1) is 0 Å². The summed E-state index contributed by atoms with van der Waals surface area (Å²) in [6.45, 7) is 3.87. The molecule has 4 rings (SSSR count). The van der Waals surface area contributed by atoms with E-state index in [1.807, 2.05) is 30.3 Å². The molecule has 0 bridgehead atoms. The van der Waals surface area contributed by atoms with Gasteiger partial charge < -0.3 is 10.2 Å². The summed E-state index contributed by atoms with van der Waals surface area (Å²) in [6.07, 6.45) is -4.39. The van der Waals surface area contributed by atoms with Gasteiger partial charge in [0.25, 0.3) is 5.91 Å². The van der Waals surface area contributed by atoms with E-state index in [1.54, 1.807) is 0 Å². The van der Waals surface area contributed by atoms with Gasteiger partial charge in [0.2, 0.25) is 0 Å². The molecule has 1 amide bonds. The molecule has 2 saturated heterocycles. The van der Waals surface area contributed by atoms with Crippen LogP contribution in [-0.2, 0) is 12.4 Å². The number of alkyl halides is 6. The Labute approximate surface area is 212 Å². The van der Waals surface area contributed by atoms with Crippen LogP contribution in [0.15, 0.2) is 48.5 Å². The fourth-order valence-electron chi connectivity index (χ4n) is 5.36. The number of benzene rings is 2. The molecule has 202 valence electrons. The van der Waals surface area contributed by atoms with E-state index in [-0.39, 0.29) is 18.7 Å². The van der Waals surface area contributed by atoms with Gasteiger partial charge in [-0.1, -0.05) is 36.8 Å². The van der Waals surface area contributed by atoms with Crippen molar-refractivity contribution in [1.29, 1.82) is 0 Å². The number of piperidine rings is 2. The number of rotatable bonds is 6. The summed E-state index contributed by atoms with van der Waals surface area (Å²) < 4.78 is 79.4. The highest BCUT2D eigenvalue weighted by Crippen LogP contribution is 2.36. The minimum atomic E-state index is -5.01. The molecule has 1 atom stereocenters. The molecule has 1 N–H and O–H groups in total. The molecule has 0 radical (unpaired) electrons. The van der Waals surface area contributed by atoms with Crippen molar-refractivity contribution in [1.82, 2.24) is 15.1 Å². The lowest BCUT2D eigenvalue weighted by atomic mass is 9.96. The van der Waals surface area contributed by atoms with Crippen molar-refractivity contribution in [2.75, 3.05) is 32.7 Å². The van der Waals surface area contributed by atoms with E-state index in [9.17, 15) is 31.1 Å². The SMILES string of the molecule is O=C(NCC(c1ccccc1)N1CCC(N2CCCCC2)CC1)c1cc(C(F)(F)F)cc(C(F)(F)F)c1. The van der Waals surface area contributed by atoms with Gasteiger partial charge in [-0.05, 0) is 62.5 Å². The first-order valence-corrected chi connectivity index (χ1v) is 12.6. The molecule has 2 aliphatic rings. The number of nitrogens with zero attached hydrogens (tertiary/aromatic N) is 2. The third kappa shape index (κ3) is 7.04. The number of amides is 1. The first-order valence-electron chi connectivity index (χ1n) is 12.6. The Kier molecular flexibility index (Phi) is 8.48. The van der Waals surface area contributed by atoms with Gasteiger partial charge in [0.05, 0.1) is 17.2 Å².